The molecule has 0 aliphatic heterocycles. The van der Waals surface area contributed by atoms with Crippen LogP contribution in [-0.2, 0) is 6.42 Å². The number of hydrogen-bond acceptors (Lipinski definition) is 2. The quantitative estimate of drug-likeness (QED) is 0.894. The van der Waals surface area contributed by atoms with E-state index in [9.17, 15) is 0 Å². The van der Waals surface area contributed by atoms with E-state index in [0.717, 1.165) is 23.2 Å². The van der Waals surface area contributed by atoms with Gasteiger partial charge in [0.2, 0.25) is 0 Å². The van der Waals surface area contributed by atoms with Crippen LogP contribution >= 0.6 is 15.9 Å². The van der Waals surface area contributed by atoms with Crippen molar-refractivity contribution in [3.63, 3.8) is 0 Å². The summed E-state index contributed by atoms with van der Waals surface area (Å²) >= 11 is 3.50. The van der Waals surface area contributed by atoms with Gasteiger partial charge in [0.25, 0.3) is 0 Å². The monoisotopic (exact) mass is 271 g/mol. The molecule has 0 fully saturated rings. The van der Waals surface area contributed by atoms with Crippen LogP contribution in [0, 0.1) is 5.92 Å². The Morgan fingerprint density at radius 3 is 2.73 bits per heavy atom. The number of ether oxygens (including phenoxy) is 1. The van der Waals surface area contributed by atoms with E-state index >= 15 is 0 Å². The third-order valence-electron chi connectivity index (χ3n) is 2.01. The average molecular weight is 272 g/mol. The molecule has 0 aromatic heterocycles. The predicted octanol–water partition coefficient (Wildman–Crippen LogP) is 2.99. The van der Waals surface area contributed by atoms with Gasteiger partial charge in [-0.05, 0) is 42.6 Å². The molecule has 15 heavy (non-hydrogen) atoms. The van der Waals surface area contributed by atoms with Crippen LogP contribution < -0.4 is 10.5 Å². The first kappa shape index (κ1) is 12.5. The van der Waals surface area contributed by atoms with Crippen LogP contribution in [-0.4, -0.2) is 13.2 Å². The lowest BCUT2D eigenvalue weighted by Gasteiger charge is -2.10. The van der Waals surface area contributed by atoms with Crippen molar-refractivity contribution in [2.75, 3.05) is 13.2 Å². The molecule has 0 saturated carbocycles. The number of benzene rings is 1. The van der Waals surface area contributed by atoms with Gasteiger partial charge >= 0.3 is 0 Å². The molecule has 2 N–H and O–H groups in total. The molecule has 1 rings (SSSR count). The Bertz CT molecular complexity index is 312. The van der Waals surface area contributed by atoms with Crippen molar-refractivity contribution in [3.8, 4) is 5.75 Å². The second kappa shape index (κ2) is 6.13. The third kappa shape index (κ3) is 4.22. The fourth-order valence-corrected chi connectivity index (χ4v) is 1.70. The van der Waals surface area contributed by atoms with Crippen molar-refractivity contribution in [1.29, 1.82) is 0 Å². The van der Waals surface area contributed by atoms with Crippen LogP contribution in [0.1, 0.15) is 19.4 Å². The molecule has 1 aromatic carbocycles. The van der Waals surface area contributed by atoms with E-state index in [4.69, 9.17) is 10.5 Å². The molecule has 0 aliphatic carbocycles. The molecular formula is C12H18BrNO. The van der Waals surface area contributed by atoms with Gasteiger partial charge in [-0.15, -0.1) is 0 Å². The lowest BCUT2D eigenvalue weighted by atomic mass is 10.1. The van der Waals surface area contributed by atoms with Crippen LogP contribution in [0.2, 0.25) is 0 Å². The van der Waals surface area contributed by atoms with Gasteiger partial charge in [-0.2, -0.15) is 0 Å². The summed E-state index contributed by atoms with van der Waals surface area (Å²) in [7, 11) is 0. The van der Waals surface area contributed by atoms with Crippen molar-refractivity contribution < 1.29 is 4.74 Å². The molecule has 0 atom stereocenters. The van der Waals surface area contributed by atoms with Gasteiger partial charge in [-0.1, -0.05) is 29.8 Å². The van der Waals surface area contributed by atoms with E-state index in [2.05, 4.69) is 35.8 Å². The first-order chi connectivity index (χ1) is 7.13. The highest BCUT2D eigenvalue weighted by molar-refractivity contribution is 9.10. The van der Waals surface area contributed by atoms with Crippen molar-refractivity contribution in [1.82, 2.24) is 0 Å². The Hall–Kier alpha value is -0.540. The molecule has 1 aromatic rings. The second-order valence-corrected chi connectivity index (χ2v) is 4.85. The summed E-state index contributed by atoms with van der Waals surface area (Å²) in [4.78, 5) is 0. The predicted molar refractivity (Wildman–Crippen MR) is 67.2 cm³/mol. The van der Waals surface area contributed by atoms with E-state index in [1.165, 1.54) is 5.56 Å². The minimum atomic E-state index is 0.548. The summed E-state index contributed by atoms with van der Waals surface area (Å²) in [6.07, 6.45) is 0.874. The zero-order chi connectivity index (χ0) is 11.3. The zero-order valence-corrected chi connectivity index (χ0v) is 10.9. The third-order valence-corrected chi connectivity index (χ3v) is 2.79. The summed E-state index contributed by atoms with van der Waals surface area (Å²) in [5.41, 5.74) is 6.75. The molecule has 0 amide bonds. The first-order valence-electron chi connectivity index (χ1n) is 5.24. The van der Waals surface area contributed by atoms with Crippen LogP contribution in [0.3, 0.4) is 0 Å². The Morgan fingerprint density at radius 2 is 2.13 bits per heavy atom. The smallest absolute Gasteiger partial charge is 0.119 e. The molecule has 3 heteroatoms. The SMILES string of the molecule is CC(C)COc1ccc(Br)c(CCN)c1. The van der Waals surface area contributed by atoms with E-state index in [1.807, 2.05) is 12.1 Å². The topological polar surface area (TPSA) is 35.2 Å². The Kier molecular flexibility index (Phi) is 5.12. The molecule has 84 valence electrons. The number of hydrogen-bond donors (Lipinski definition) is 1. The summed E-state index contributed by atoms with van der Waals surface area (Å²) in [6.45, 7) is 5.69. The molecule has 0 heterocycles. The molecule has 0 aliphatic rings. The molecule has 0 unspecified atom stereocenters. The summed E-state index contributed by atoms with van der Waals surface area (Å²) in [5, 5.41) is 0. The van der Waals surface area contributed by atoms with Gasteiger partial charge in [-0.25, -0.2) is 0 Å². The summed E-state index contributed by atoms with van der Waals surface area (Å²) in [5.74, 6) is 1.47. The zero-order valence-electron chi connectivity index (χ0n) is 9.29. The number of rotatable bonds is 5. The first-order valence-corrected chi connectivity index (χ1v) is 6.04. The van der Waals surface area contributed by atoms with Crippen molar-refractivity contribution in [3.05, 3.63) is 28.2 Å². The second-order valence-electron chi connectivity index (χ2n) is 4.00. The Balaban J connectivity index is 2.69. The fourth-order valence-electron chi connectivity index (χ4n) is 1.25. The average Bonchev–Trinajstić information content (AvgIpc) is 2.19. The summed E-state index contributed by atoms with van der Waals surface area (Å²) in [6, 6.07) is 6.05. The minimum absolute atomic E-state index is 0.548. The number of halogens is 1. The highest BCUT2D eigenvalue weighted by Crippen LogP contribution is 2.23. The van der Waals surface area contributed by atoms with Gasteiger partial charge in [0.1, 0.15) is 5.75 Å². The molecule has 0 radical (unpaired) electrons. The van der Waals surface area contributed by atoms with E-state index in [-0.39, 0.29) is 0 Å². The van der Waals surface area contributed by atoms with E-state index < -0.39 is 0 Å². The van der Waals surface area contributed by atoms with Gasteiger partial charge in [-0.3, -0.25) is 0 Å². The largest absolute Gasteiger partial charge is 0.493 e. The maximum atomic E-state index is 5.65. The lowest BCUT2D eigenvalue weighted by Crippen LogP contribution is -2.06. The molecule has 0 spiro atoms. The van der Waals surface area contributed by atoms with E-state index in [0.29, 0.717) is 12.5 Å². The minimum Gasteiger partial charge on any atom is -0.493 e. The Morgan fingerprint density at radius 1 is 1.40 bits per heavy atom. The molecule has 2 nitrogen and oxygen atoms in total. The maximum absolute atomic E-state index is 5.65. The molecular weight excluding hydrogens is 254 g/mol. The Labute approximate surface area is 99.9 Å². The standard InChI is InChI=1S/C12H18BrNO/c1-9(2)8-15-11-3-4-12(13)10(7-11)5-6-14/h3-4,7,9H,5-6,8,14H2,1-2H3. The van der Waals surface area contributed by atoms with Gasteiger partial charge in [0.15, 0.2) is 0 Å². The highest BCUT2D eigenvalue weighted by Gasteiger charge is 2.02. The highest BCUT2D eigenvalue weighted by atomic mass is 79.9. The fraction of sp³-hybridized carbons (Fsp3) is 0.500. The van der Waals surface area contributed by atoms with Gasteiger partial charge < -0.3 is 10.5 Å². The van der Waals surface area contributed by atoms with Crippen molar-refractivity contribution in [2.24, 2.45) is 11.7 Å². The normalized spacial score (nSPS) is 10.7. The maximum Gasteiger partial charge on any atom is 0.119 e. The van der Waals surface area contributed by atoms with Crippen molar-refractivity contribution >= 4 is 15.9 Å². The van der Waals surface area contributed by atoms with Crippen LogP contribution in [0.5, 0.6) is 5.75 Å². The van der Waals surface area contributed by atoms with Gasteiger partial charge in [0, 0.05) is 4.47 Å². The molecule has 0 bridgehead atoms. The molecule has 0 saturated heterocycles. The lowest BCUT2D eigenvalue weighted by molar-refractivity contribution is 0.271. The summed E-state index contributed by atoms with van der Waals surface area (Å²) < 4.78 is 6.75. The van der Waals surface area contributed by atoms with E-state index in [1.54, 1.807) is 0 Å². The van der Waals surface area contributed by atoms with Crippen LogP contribution in [0.4, 0.5) is 0 Å². The number of nitrogens with two attached hydrogens (primary N) is 1. The van der Waals surface area contributed by atoms with Crippen LogP contribution in [0.25, 0.3) is 0 Å². The van der Waals surface area contributed by atoms with Crippen LogP contribution in [0.15, 0.2) is 22.7 Å². The van der Waals surface area contributed by atoms with Crippen molar-refractivity contribution in [2.45, 2.75) is 20.3 Å². The van der Waals surface area contributed by atoms with Gasteiger partial charge in [0.05, 0.1) is 6.61 Å².